The molecule has 1 aromatic heterocycles. The number of sulfonamides is 1. The van der Waals surface area contributed by atoms with Crippen molar-refractivity contribution >= 4 is 38.9 Å². The number of piperidine rings is 1. The van der Waals surface area contributed by atoms with Crippen LogP contribution in [0.15, 0.2) is 46.0 Å². The number of benzene rings is 1. The van der Waals surface area contributed by atoms with Gasteiger partial charge in [-0.3, -0.25) is 4.79 Å². The van der Waals surface area contributed by atoms with Gasteiger partial charge in [-0.15, -0.1) is 11.3 Å². The maximum atomic E-state index is 13.0. The number of carbonyl (C=O) groups excluding carboxylic acids is 1. The number of halogens is 1. The Morgan fingerprint density at radius 3 is 2.67 bits per heavy atom. The Morgan fingerprint density at radius 2 is 2.00 bits per heavy atom. The first-order valence-corrected chi connectivity index (χ1v) is 12.7. The molecule has 1 atom stereocenters. The van der Waals surface area contributed by atoms with Crippen molar-refractivity contribution in [1.82, 2.24) is 9.62 Å². The van der Waals surface area contributed by atoms with Crippen molar-refractivity contribution in [2.24, 2.45) is 0 Å². The average molecular weight is 471 g/mol. The SMILES string of the molecule is CC(C)(Oc1ccc(Cl)cc1)C(=O)NCCC1CCCCN1S(=O)(=O)c1cccs1. The molecular formula is C21H27ClN2O4S2. The van der Waals surface area contributed by atoms with Gasteiger partial charge in [-0.25, -0.2) is 8.42 Å². The highest BCUT2D eigenvalue weighted by molar-refractivity contribution is 7.91. The number of hydrogen-bond donors (Lipinski definition) is 1. The van der Waals surface area contributed by atoms with Gasteiger partial charge >= 0.3 is 0 Å². The molecule has 1 unspecified atom stereocenters. The number of rotatable bonds is 8. The normalized spacial score (nSPS) is 18.2. The molecule has 0 radical (unpaired) electrons. The molecule has 1 aliphatic rings. The molecule has 1 amide bonds. The quantitative estimate of drug-likeness (QED) is 0.623. The summed E-state index contributed by atoms with van der Waals surface area (Å²) in [6.45, 7) is 4.30. The first kappa shape index (κ1) is 23.1. The largest absolute Gasteiger partial charge is 0.478 e. The third kappa shape index (κ3) is 5.55. The summed E-state index contributed by atoms with van der Waals surface area (Å²) < 4.78 is 33.7. The summed E-state index contributed by atoms with van der Waals surface area (Å²) in [5, 5.41) is 5.27. The van der Waals surface area contributed by atoms with E-state index in [1.54, 1.807) is 59.9 Å². The summed E-state index contributed by atoms with van der Waals surface area (Å²) in [7, 11) is -3.49. The Hall–Kier alpha value is -1.61. The number of amides is 1. The lowest BCUT2D eigenvalue weighted by Crippen LogP contribution is -2.49. The first-order chi connectivity index (χ1) is 14.2. The van der Waals surface area contributed by atoms with Gasteiger partial charge in [-0.2, -0.15) is 4.31 Å². The lowest BCUT2D eigenvalue weighted by atomic mass is 10.0. The molecule has 2 aromatic rings. The third-order valence-corrected chi connectivity index (χ3v) is 8.70. The average Bonchev–Trinajstić information content (AvgIpc) is 3.25. The highest BCUT2D eigenvalue weighted by Gasteiger charge is 2.34. The van der Waals surface area contributed by atoms with Gasteiger partial charge < -0.3 is 10.1 Å². The van der Waals surface area contributed by atoms with E-state index in [2.05, 4.69) is 5.32 Å². The highest BCUT2D eigenvalue weighted by atomic mass is 35.5. The van der Waals surface area contributed by atoms with Gasteiger partial charge in [0.1, 0.15) is 9.96 Å². The van der Waals surface area contributed by atoms with Crippen LogP contribution >= 0.6 is 22.9 Å². The van der Waals surface area contributed by atoms with Crippen LogP contribution in [0.4, 0.5) is 0 Å². The third-order valence-electron chi connectivity index (χ3n) is 5.13. The Bertz CT molecular complexity index is 944. The van der Waals surface area contributed by atoms with Crippen molar-refractivity contribution in [3.63, 3.8) is 0 Å². The number of nitrogens with one attached hydrogen (secondary N) is 1. The number of hydrogen-bond acceptors (Lipinski definition) is 5. The number of carbonyl (C=O) groups is 1. The zero-order chi connectivity index (χ0) is 21.8. The van der Waals surface area contributed by atoms with E-state index in [0.717, 1.165) is 19.3 Å². The monoisotopic (exact) mass is 470 g/mol. The minimum Gasteiger partial charge on any atom is -0.478 e. The highest BCUT2D eigenvalue weighted by Crippen LogP contribution is 2.29. The zero-order valence-electron chi connectivity index (χ0n) is 17.1. The zero-order valence-corrected chi connectivity index (χ0v) is 19.5. The van der Waals surface area contributed by atoms with Crippen molar-refractivity contribution in [2.75, 3.05) is 13.1 Å². The molecule has 6 nitrogen and oxygen atoms in total. The summed E-state index contributed by atoms with van der Waals surface area (Å²) in [5.41, 5.74) is -1.07. The van der Waals surface area contributed by atoms with Crippen molar-refractivity contribution in [2.45, 2.75) is 55.4 Å². The van der Waals surface area contributed by atoms with E-state index >= 15 is 0 Å². The van der Waals surface area contributed by atoms with Crippen LogP contribution in [-0.4, -0.2) is 43.4 Å². The van der Waals surface area contributed by atoms with Gasteiger partial charge in [0.15, 0.2) is 5.60 Å². The number of ether oxygens (including phenoxy) is 1. The number of thiophene rings is 1. The standard InChI is InChI=1S/C21H27ClN2O4S2/c1-21(2,28-18-10-8-16(22)9-11-18)20(25)23-13-12-17-6-3-4-14-24(17)30(26,27)19-7-5-15-29-19/h5,7-11,15,17H,3-4,6,12-14H2,1-2H3,(H,23,25). The molecule has 3 rings (SSSR count). The summed E-state index contributed by atoms with van der Waals surface area (Å²) in [4.78, 5) is 12.7. The fourth-order valence-electron chi connectivity index (χ4n) is 3.51. The molecule has 1 fully saturated rings. The van der Waals surface area contributed by atoms with Gasteiger partial charge in [0.05, 0.1) is 0 Å². The summed E-state index contributed by atoms with van der Waals surface area (Å²) in [5.74, 6) is 0.306. The van der Waals surface area contributed by atoms with Crippen molar-refractivity contribution in [1.29, 1.82) is 0 Å². The van der Waals surface area contributed by atoms with E-state index in [1.807, 2.05) is 0 Å². The van der Waals surface area contributed by atoms with E-state index in [4.69, 9.17) is 16.3 Å². The Labute approximate surface area is 187 Å². The molecule has 0 saturated carbocycles. The van der Waals surface area contributed by atoms with Crippen LogP contribution in [0.25, 0.3) is 0 Å². The minimum atomic E-state index is -3.49. The van der Waals surface area contributed by atoms with E-state index in [1.165, 1.54) is 11.3 Å². The van der Waals surface area contributed by atoms with Gasteiger partial charge in [0.2, 0.25) is 0 Å². The molecule has 0 bridgehead atoms. The molecule has 2 heterocycles. The van der Waals surface area contributed by atoms with Crippen LogP contribution < -0.4 is 10.1 Å². The first-order valence-electron chi connectivity index (χ1n) is 9.98. The number of nitrogens with zero attached hydrogens (tertiary/aromatic N) is 1. The molecule has 1 N–H and O–H groups in total. The topological polar surface area (TPSA) is 75.7 Å². The van der Waals surface area contributed by atoms with Crippen molar-refractivity contribution < 1.29 is 17.9 Å². The molecule has 9 heteroatoms. The molecule has 1 saturated heterocycles. The molecule has 1 aliphatic heterocycles. The van der Waals surface area contributed by atoms with Crippen LogP contribution in [-0.2, 0) is 14.8 Å². The van der Waals surface area contributed by atoms with Crippen LogP contribution in [0.1, 0.15) is 39.5 Å². The second-order valence-electron chi connectivity index (χ2n) is 7.81. The van der Waals surface area contributed by atoms with Crippen LogP contribution in [0.3, 0.4) is 0 Å². The second kappa shape index (κ2) is 9.68. The molecule has 0 spiro atoms. The second-order valence-corrected chi connectivity index (χ2v) is 11.3. The van der Waals surface area contributed by atoms with Crippen LogP contribution in [0, 0.1) is 0 Å². The van der Waals surface area contributed by atoms with Crippen molar-refractivity contribution in [3.05, 3.63) is 46.8 Å². The van der Waals surface area contributed by atoms with E-state index in [9.17, 15) is 13.2 Å². The maximum Gasteiger partial charge on any atom is 0.263 e. The summed E-state index contributed by atoms with van der Waals surface area (Å²) in [6, 6.07) is 10.1. The van der Waals surface area contributed by atoms with E-state index in [-0.39, 0.29) is 11.9 Å². The fourth-order valence-corrected chi connectivity index (χ4v) is 6.48. The van der Waals surface area contributed by atoms with Gasteiger partial charge in [-0.05, 0) is 68.8 Å². The lowest BCUT2D eigenvalue weighted by molar-refractivity contribution is -0.134. The smallest absolute Gasteiger partial charge is 0.263 e. The molecular weight excluding hydrogens is 444 g/mol. The van der Waals surface area contributed by atoms with Gasteiger partial charge in [0.25, 0.3) is 15.9 Å². The van der Waals surface area contributed by atoms with Crippen LogP contribution in [0.5, 0.6) is 5.75 Å². The predicted octanol–water partition coefficient (Wildman–Crippen LogP) is 4.31. The van der Waals surface area contributed by atoms with Crippen molar-refractivity contribution in [3.8, 4) is 5.75 Å². The van der Waals surface area contributed by atoms with E-state index < -0.39 is 15.6 Å². The van der Waals surface area contributed by atoms with Crippen LogP contribution in [0.2, 0.25) is 5.02 Å². The maximum absolute atomic E-state index is 13.0. The fraction of sp³-hybridized carbons (Fsp3) is 0.476. The lowest BCUT2D eigenvalue weighted by Gasteiger charge is -2.34. The summed E-state index contributed by atoms with van der Waals surface area (Å²) >= 11 is 7.12. The minimum absolute atomic E-state index is 0.119. The molecule has 1 aromatic carbocycles. The molecule has 164 valence electrons. The van der Waals surface area contributed by atoms with E-state index in [0.29, 0.717) is 34.5 Å². The molecule has 30 heavy (non-hydrogen) atoms. The van der Waals surface area contributed by atoms with Gasteiger partial charge in [-0.1, -0.05) is 24.1 Å². The summed E-state index contributed by atoms with van der Waals surface area (Å²) in [6.07, 6.45) is 3.20. The Morgan fingerprint density at radius 1 is 1.27 bits per heavy atom. The molecule has 0 aliphatic carbocycles. The van der Waals surface area contributed by atoms with Gasteiger partial charge in [0, 0.05) is 24.2 Å². The predicted molar refractivity (Wildman–Crippen MR) is 120 cm³/mol. The Kier molecular flexibility index (Phi) is 7.44. The Balaban J connectivity index is 1.57.